The van der Waals surface area contributed by atoms with Gasteiger partial charge in [0.1, 0.15) is 17.5 Å². The molecule has 9 heteroatoms. The molecule has 0 saturated heterocycles. The third-order valence-corrected chi connectivity index (χ3v) is 5.05. The van der Waals surface area contributed by atoms with E-state index in [0.29, 0.717) is 23.7 Å². The number of aryl methyl sites for hydroxylation is 1. The number of nitrogens with one attached hydrogen (secondary N) is 2. The summed E-state index contributed by atoms with van der Waals surface area (Å²) < 4.78 is 53.7. The van der Waals surface area contributed by atoms with Gasteiger partial charge in [-0.15, -0.1) is 0 Å². The first kappa shape index (κ1) is 18.7. The van der Waals surface area contributed by atoms with Crippen molar-refractivity contribution in [3.05, 3.63) is 76.2 Å². The topological polar surface area (TPSA) is 91.9 Å². The molecule has 1 aromatic heterocycles. The zero-order valence-corrected chi connectivity index (χ0v) is 15.0. The third kappa shape index (κ3) is 4.37. The van der Waals surface area contributed by atoms with E-state index in [-0.39, 0.29) is 17.1 Å². The van der Waals surface area contributed by atoms with Gasteiger partial charge < -0.3 is 4.98 Å². The van der Waals surface area contributed by atoms with Gasteiger partial charge in [-0.2, -0.15) is 0 Å². The number of H-pyrrole nitrogens is 1. The molecule has 0 radical (unpaired) electrons. The number of sulfonamides is 1. The van der Waals surface area contributed by atoms with Gasteiger partial charge in [0, 0.05) is 29.1 Å². The molecule has 0 saturated carbocycles. The van der Waals surface area contributed by atoms with Crippen LogP contribution >= 0.6 is 0 Å². The van der Waals surface area contributed by atoms with E-state index in [1.54, 1.807) is 12.1 Å². The molecule has 0 aliphatic carbocycles. The summed E-state index contributed by atoms with van der Waals surface area (Å²) in [6, 6.07) is 9.56. The second-order valence-corrected chi connectivity index (χ2v) is 7.41. The third-order valence-electron chi connectivity index (χ3n) is 3.69. The summed E-state index contributed by atoms with van der Waals surface area (Å²) in [4.78, 5) is 18.1. The molecule has 3 rings (SSSR count). The lowest BCUT2D eigenvalue weighted by atomic mass is 10.2. The Morgan fingerprint density at radius 2 is 1.78 bits per heavy atom. The van der Waals surface area contributed by atoms with Gasteiger partial charge in [0.15, 0.2) is 0 Å². The van der Waals surface area contributed by atoms with E-state index < -0.39 is 26.6 Å². The normalized spacial score (nSPS) is 11.4. The van der Waals surface area contributed by atoms with Crippen LogP contribution in [0.25, 0.3) is 11.4 Å². The molecule has 0 spiro atoms. The van der Waals surface area contributed by atoms with Crippen LogP contribution in [0.5, 0.6) is 0 Å². The Hall–Kier alpha value is -3.07. The van der Waals surface area contributed by atoms with E-state index in [1.165, 1.54) is 18.2 Å². The highest BCUT2D eigenvalue weighted by Gasteiger charge is 2.17. The van der Waals surface area contributed by atoms with Gasteiger partial charge in [0.05, 0.1) is 4.90 Å². The minimum atomic E-state index is -4.20. The predicted octanol–water partition coefficient (Wildman–Crippen LogP) is 3.08. The van der Waals surface area contributed by atoms with Crippen LogP contribution in [0.4, 0.5) is 14.5 Å². The molecule has 0 unspecified atom stereocenters. The highest BCUT2D eigenvalue weighted by molar-refractivity contribution is 7.92. The molecule has 1 heterocycles. The van der Waals surface area contributed by atoms with Crippen molar-refractivity contribution in [1.82, 2.24) is 9.97 Å². The Kier molecular flexibility index (Phi) is 5.04. The van der Waals surface area contributed by atoms with Crippen LogP contribution in [0.3, 0.4) is 0 Å². The Balaban J connectivity index is 1.96. The summed E-state index contributed by atoms with van der Waals surface area (Å²) in [7, 11) is -4.20. The molecule has 3 aromatic rings. The Bertz CT molecular complexity index is 1140. The lowest BCUT2D eigenvalue weighted by Gasteiger charge is -2.10. The lowest BCUT2D eigenvalue weighted by molar-refractivity contribution is 0.568. The molecular weight excluding hydrogens is 376 g/mol. The van der Waals surface area contributed by atoms with Crippen molar-refractivity contribution in [1.29, 1.82) is 0 Å². The Morgan fingerprint density at radius 3 is 2.44 bits per heavy atom. The number of rotatable bonds is 5. The van der Waals surface area contributed by atoms with Crippen LogP contribution in [-0.2, 0) is 16.4 Å². The highest BCUT2D eigenvalue weighted by atomic mass is 32.2. The predicted molar refractivity (Wildman–Crippen MR) is 96.8 cm³/mol. The molecule has 2 aromatic carbocycles. The van der Waals surface area contributed by atoms with Gasteiger partial charge in [-0.3, -0.25) is 9.52 Å². The standard InChI is InChI=1S/C18H15F2N3O3S/c1-2-14-10-17(24)22-18(21-14)11-4-3-5-15(6-11)23-27(25,26)16-8-12(19)7-13(20)9-16/h3-10,23H,2H2,1H3,(H,21,22,24). The minimum absolute atomic E-state index is 0.154. The number of hydrogen-bond donors (Lipinski definition) is 2. The van der Waals surface area contributed by atoms with Crippen molar-refractivity contribution in [2.45, 2.75) is 18.2 Å². The summed E-state index contributed by atoms with van der Waals surface area (Å²) >= 11 is 0. The maximum absolute atomic E-state index is 13.3. The maximum Gasteiger partial charge on any atom is 0.262 e. The quantitative estimate of drug-likeness (QED) is 0.699. The first-order chi connectivity index (χ1) is 12.8. The number of anilines is 1. The van der Waals surface area contributed by atoms with E-state index in [4.69, 9.17) is 0 Å². The van der Waals surface area contributed by atoms with Gasteiger partial charge in [0.25, 0.3) is 15.6 Å². The number of nitrogens with zero attached hydrogens (tertiary/aromatic N) is 1. The van der Waals surface area contributed by atoms with Gasteiger partial charge in [-0.1, -0.05) is 19.1 Å². The van der Waals surface area contributed by atoms with E-state index in [1.807, 2.05) is 6.92 Å². The van der Waals surface area contributed by atoms with Crippen LogP contribution in [0.1, 0.15) is 12.6 Å². The van der Waals surface area contributed by atoms with Crippen LogP contribution < -0.4 is 10.3 Å². The van der Waals surface area contributed by atoms with Crippen molar-refractivity contribution in [3.63, 3.8) is 0 Å². The molecule has 2 N–H and O–H groups in total. The number of aromatic amines is 1. The van der Waals surface area contributed by atoms with Crippen LogP contribution in [0.2, 0.25) is 0 Å². The van der Waals surface area contributed by atoms with Crippen molar-refractivity contribution in [2.24, 2.45) is 0 Å². The van der Waals surface area contributed by atoms with Gasteiger partial charge in [-0.25, -0.2) is 22.2 Å². The van der Waals surface area contributed by atoms with E-state index in [9.17, 15) is 22.0 Å². The number of halogens is 2. The monoisotopic (exact) mass is 391 g/mol. The number of hydrogen-bond acceptors (Lipinski definition) is 4. The summed E-state index contributed by atoms with van der Waals surface area (Å²) in [6.45, 7) is 1.86. The van der Waals surface area contributed by atoms with Crippen LogP contribution in [0.15, 0.2) is 58.2 Å². The SMILES string of the molecule is CCc1cc(=O)[nH]c(-c2cccc(NS(=O)(=O)c3cc(F)cc(F)c3)c2)n1. The summed E-state index contributed by atoms with van der Waals surface area (Å²) in [6.07, 6.45) is 0.564. The van der Waals surface area contributed by atoms with Crippen LogP contribution in [-0.4, -0.2) is 18.4 Å². The summed E-state index contributed by atoms with van der Waals surface area (Å²) in [5.41, 5.74) is 0.905. The largest absolute Gasteiger partial charge is 0.307 e. The average Bonchev–Trinajstić information content (AvgIpc) is 2.60. The maximum atomic E-state index is 13.3. The first-order valence-electron chi connectivity index (χ1n) is 7.96. The number of benzene rings is 2. The molecule has 0 atom stereocenters. The zero-order chi connectivity index (χ0) is 19.6. The summed E-state index contributed by atoms with van der Waals surface area (Å²) in [5.74, 6) is -1.71. The van der Waals surface area contributed by atoms with E-state index in [0.717, 1.165) is 12.1 Å². The smallest absolute Gasteiger partial charge is 0.262 e. The van der Waals surface area contributed by atoms with Crippen LogP contribution in [0, 0.1) is 11.6 Å². The molecule has 0 amide bonds. The van der Waals surface area contributed by atoms with Crippen molar-refractivity contribution >= 4 is 15.7 Å². The van der Waals surface area contributed by atoms with E-state index in [2.05, 4.69) is 14.7 Å². The average molecular weight is 391 g/mol. The number of aromatic nitrogens is 2. The van der Waals surface area contributed by atoms with Crippen molar-refractivity contribution < 1.29 is 17.2 Å². The Morgan fingerprint density at radius 1 is 1.07 bits per heavy atom. The molecule has 0 bridgehead atoms. The molecule has 0 fully saturated rings. The molecule has 140 valence electrons. The second kappa shape index (κ2) is 7.28. The minimum Gasteiger partial charge on any atom is -0.307 e. The fourth-order valence-corrected chi connectivity index (χ4v) is 3.54. The lowest BCUT2D eigenvalue weighted by Crippen LogP contribution is -2.14. The highest BCUT2D eigenvalue weighted by Crippen LogP contribution is 2.22. The van der Waals surface area contributed by atoms with Gasteiger partial charge in [0.2, 0.25) is 0 Å². The van der Waals surface area contributed by atoms with Crippen molar-refractivity contribution in [2.75, 3.05) is 4.72 Å². The second-order valence-electron chi connectivity index (χ2n) is 5.73. The fraction of sp³-hybridized carbons (Fsp3) is 0.111. The van der Waals surface area contributed by atoms with Gasteiger partial charge >= 0.3 is 0 Å². The molecule has 27 heavy (non-hydrogen) atoms. The summed E-state index contributed by atoms with van der Waals surface area (Å²) in [5, 5.41) is 0. The molecular formula is C18H15F2N3O3S. The van der Waals surface area contributed by atoms with Gasteiger partial charge in [-0.05, 0) is 30.7 Å². The first-order valence-corrected chi connectivity index (χ1v) is 9.45. The molecule has 0 aliphatic heterocycles. The van der Waals surface area contributed by atoms with Crippen molar-refractivity contribution in [3.8, 4) is 11.4 Å². The molecule has 0 aliphatic rings. The fourth-order valence-electron chi connectivity index (χ4n) is 2.45. The zero-order valence-electron chi connectivity index (χ0n) is 14.2. The Labute approximate surface area is 154 Å². The molecule has 6 nitrogen and oxygen atoms in total. The van der Waals surface area contributed by atoms with E-state index >= 15 is 0 Å².